The molecular weight excluding hydrogens is 447 g/mol. The first kappa shape index (κ1) is 23.2. The number of rotatable bonds is 5. The van der Waals surface area contributed by atoms with Gasteiger partial charge in [0.25, 0.3) is 5.91 Å². The Hall–Kier alpha value is -2.98. The average Bonchev–Trinajstić information content (AvgIpc) is 2.84. The first-order chi connectivity index (χ1) is 15.8. The minimum atomic E-state index is -3.81. The van der Waals surface area contributed by atoms with E-state index in [-0.39, 0.29) is 29.4 Å². The second kappa shape index (κ2) is 9.48. The van der Waals surface area contributed by atoms with E-state index in [1.54, 1.807) is 18.2 Å². The topological polar surface area (TPSA) is 104 Å². The highest BCUT2D eigenvalue weighted by Gasteiger charge is 2.33. The van der Waals surface area contributed by atoms with E-state index >= 15 is 0 Å². The van der Waals surface area contributed by atoms with Crippen LogP contribution in [0.1, 0.15) is 29.6 Å². The summed E-state index contributed by atoms with van der Waals surface area (Å²) in [6.45, 7) is 1.89. The number of sulfonamides is 1. The van der Waals surface area contributed by atoms with E-state index in [9.17, 15) is 22.4 Å². The van der Waals surface area contributed by atoms with Crippen LogP contribution in [0.4, 0.5) is 10.1 Å². The molecule has 1 atom stereocenters. The molecule has 0 saturated carbocycles. The van der Waals surface area contributed by atoms with Gasteiger partial charge in [0.05, 0.1) is 4.90 Å². The third-order valence-corrected chi connectivity index (χ3v) is 8.14. The molecule has 0 bridgehead atoms. The molecule has 2 aliphatic heterocycles. The second-order valence-corrected chi connectivity index (χ2v) is 10.2. The zero-order chi connectivity index (χ0) is 23.6. The Labute approximate surface area is 192 Å². The molecule has 2 heterocycles. The van der Waals surface area contributed by atoms with Crippen molar-refractivity contribution in [3.63, 3.8) is 0 Å². The molecule has 1 unspecified atom stereocenters. The fourth-order valence-electron chi connectivity index (χ4n) is 4.41. The number of piperidine rings is 1. The predicted molar refractivity (Wildman–Crippen MR) is 122 cm³/mol. The summed E-state index contributed by atoms with van der Waals surface area (Å²) in [6, 6.07) is 11.4. The smallest absolute Gasteiger partial charge is 0.254 e. The van der Waals surface area contributed by atoms with Gasteiger partial charge in [-0.2, -0.15) is 4.31 Å². The molecule has 2 N–H and O–H groups in total. The van der Waals surface area contributed by atoms with Crippen molar-refractivity contribution in [1.29, 1.82) is 0 Å². The Balaban J connectivity index is 1.49. The highest BCUT2D eigenvalue weighted by Crippen LogP contribution is 2.24. The van der Waals surface area contributed by atoms with E-state index < -0.39 is 27.9 Å². The van der Waals surface area contributed by atoms with Gasteiger partial charge in [-0.15, -0.1) is 0 Å². The average molecular weight is 475 g/mol. The Bertz CT molecular complexity index is 1130. The van der Waals surface area contributed by atoms with Crippen LogP contribution in [0.5, 0.6) is 0 Å². The highest BCUT2D eigenvalue weighted by atomic mass is 32.2. The molecule has 2 aromatic rings. The lowest BCUT2D eigenvalue weighted by atomic mass is 10.0. The van der Waals surface area contributed by atoms with Crippen LogP contribution in [0.15, 0.2) is 53.4 Å². The number of hydrogen-bond acceptors (Lipinski definition) is 5. The SMILES string of the molecule is NC(=O)C1CCCCN1C(=O)c1cccc(S(=O)(=O)N2CCN(c3ccc(F)cc3)CC2)c1. The lowest BCUT2D eigenvalue weighted by Crippen LogP contribution is -2.50. The van der Waals surface area contributed by atoms with Crippen LogP contribution in [-0.2, 0) is 14.8 Å². The number of carbonyl (C=O) groups excluding carboxylic acids is 2. The van der Waals surface area contributed by atoms with Crippen LogP contribution in [0.25, 0.3) is 0 Å². The summed E-state index contributed by atoms with van der Waals surface area (Å²) in [5.41, 5.74) is 6.53. The minimum Gasteiger partial charge on any atom is -0.369 e. The number of hydrogen-bond donors (Lipinski definition) is 1. The molecule has 2 aliphatic rings. The predicted octanol–water partition coefficient (Wildman–Crippen LogP) is 1.82. The van der Waals surface area contributed by atoms with E-state index in [2.05, 4.69) is 0 Å². The number of anilines is 1. The van der Waals surface area contributed by atoms with Gasteiger partial charge in [0.2, 0.25) is 15.9 Å². The number of amides is 2. The quantitative estimate of drug-likeness (QED) is 0.712. The first-order valence-corrected chi connectivity index (χ1v) is 12.4. The summed E-state index contributed by atoms with van der Waals surface area (Å²) >= 11 is 0. The van der Waals surface area contributed by atoms with Gasteiger partial charge in [0.1, 0.15) is 11.9 Å². The number of carbonyl (C=O) groups is 2. The molecule has 8 nitrogen and oxygen atoms in total. The molecule has 2 amide bonds. The largest absolute Gasteiger partial charge is 0.369 e. The van der Waals surface area contributed by atoms with Crippen LogP contribution in [-0.4, -0.2) is 68.2 Å². The molecule has 10 heteroatoms. The maximum absolute atomic E-state index is 13.3. The molecular formula is C23H27FN4O4S. The number of primary amides is 1. The van der Waals surface area contributed by atoms with Gasteiger partial charge >= 0.3 is 0 Å². The maximum Gasteiger partial charge on any atom is 0.254 e. The molecule has 0 radical (unpaired) electrons. The number of benzene rings is 2. The summed E-state index contributed by atoms with van der Waals surface area (Å²) in [5.74, 6) is -1.26. The number of halogens is 1. The summed E-state index contributed by atoms with van der Waals surface area (Å²) in [7, 11) is -3.81. The third kappa shape index (κ3) is 4.86. The third-order valence-electron chi connectivity index (χ3n) is 6.24. The van der Waals surface area contributed by atoms with Gasteiger partial charge in [-0.3, -0.25) is 9.59 Å². The van der Waals surface area contributed by atoms with Crippen LogP contribution in [0.3, 0.4) is 0 Å². The van der Waals surface area contributed by atoms with Gasteiger partial charge in [0, 0.05) is 44.0 Å². The van der Waals surface area contributed by atoms with Crippen molar-refractivity contribution in [2.75, 3.05) is 37.6 Å². The molecule has 2 saturated heterocycles. The number of likely N-dealkylation sites (tertiary alicyclic amines) is 1. The van der Waals surface area contributed by atoms with E-state index in [1.165, 1.54) is 39.5 Å². The molecule has 0 aromatic heterocycles. The van der Waals surface area contributed by atoms with Crippen LogP contribution < -0.4 is 10.6 Å². The van der Waals surface area contributed by atoms with Crippen LogP contribution >= 0.6 is 0 Å². The maximum atomic E-state index is 13.3. The number of nitrogens with zero attached hydrogens (tertiary/aromatic N) is 3. The van der Waals surface area contributed by atoms with Gasteiger partial charge < -0.3 is 15.5 Å². The van der Waals surface area contributed by atoms with Crippen molar-refractivity contribution < 1.29 is 22.4 Å². The van der Waals surface area contributed by atoms with Crippen LogP contribution in [0.2, 0.25) is 0 Å². The van der Waals surface area contributed by atoms with E-state index in [4.69, 9.17) is 5.73 Å². The fourth-order valence-corrected chi connectivity index (χ4v) is 5.88. The molecule has 0 aliphatic carbocycles. The Kier molecular flexibility index (Phi) is 6.66. The van der Waals surface area contributed by atoms with Crippen molar-refractivity contribution in [3.8, 4) is 0 Å². The Morgan fingerprint density at radius 2 is 1.64 bits per heavy atom. The zero-order valence-corrected chi connectivity index (χ0v) is 19.0. The van der Waals surface area contributed by atoms with Crippen molar-refractivity contribution in [3.05, 3.63) is 59.9 Å². The van der Waals surface area contributed by atoms with E-state index in [0.717, 1.165) is 18.5 Å². The summed E-state index contributed by atoms with van der Waals surface area (Å²) < 4.78 is 41.1. The summed E-state index contributed by atoms with van der Waals surface area (Å²) in [5, 5.41) is 0. The van der Waals surface area contributed by atoms with Gasteiger partial charge in [-0.25, -0.2) is 12.8 Å². The lowest BCUT2D eigenvalue weighted by molar-refractivity contribution is -0.123. The lowest BCUT2D eigenvalue weighted by Gasteiger charge is -2.35. The summed E-state index contributed by atoms with van der Waals surface area (Å²) in [4.78, 5) is 28.3. The van der Waals surface area contributed by atoms with Gasteiger partial charge in [-0.05, 0) is 61.7 Å². The van der Waals surface area contributed by atoms with Crippen molar-refractivity contribution in [2.24, 2.45) is 5.73 Å². The molecule has 2 fully saturated rings. The monoisotopic (exact) mass is 474 g/mol. The number of nitrogens with two attached hydrogens (primary N) is 1. The summed E-state index contributed by atoms with van der Waals surface area (Å²) in [6.07, 6.45) is 2.10. The van der Waals surface area contributed by atoms with Crippen molar-refractivity contribution >= 4 is 27.5 Å². The van der Waals surface area contributed by atoms with Gasteiger partial charge in [0.15, 0.2) is 0 Å². The molecule has 2 aromatic carbocycles. The minimum absolute atomic E-state index is 0.0382. The Morgan fingerprint density at radius 3 is 2.30 bits per heavy atom. The Morgan fingerprint density at radius 1 is 0.939 bits per heavy atom. The molecule has 4 rings (SSSR count). The molecule has 0 spiro atoms. The van der Waals surface area contributed by atoms with Crippen molar-refractivity contribution in [2.45, 2.75) is 30.2 Å². The van der Waals surface area contributed by atoms with E-state index in [0.29, 0.717) is 26.1 Å². The van der Waals surface area contributed by atoms with E-state index in [1.807, 2.05) is 4.90 Å². The van der Waals surface area contributed by atoms with Crippen LogP contribution in [0, 0.1) is 5.82 Å². The second-order valence-electron chi connectivity index (χ2n) is 8.31. The standard InChI is InChI=1S/C23H27FN4O4S/c24-18-7-9-19(10-8-18)26-12-14-27(15-13-26)33(31,32)20-5-3-4-17(16-20)23(30)28-11-2-1-6-21(28)22(25)29/h3-5,7-10,16,21H,1-2,6,11-15H2,(H2,25,29). The van der Waals surface area contributed by atoms with Gasteiger partial charge in [-0.1, -0.05) is 6.07 Å². The molecule has 33 heavy (non-hydrogen) atoms. The fraction of sp³-hybridized carbons (Fsp3) is 0.391. The highest BCUT2D eigenvalue weighted by molar-refractivity contribution is 7.89. The molecule has 176 valence electrons. The normalized spacial score (nSPS) is 20.0. The zero-order valence-electron chi connectivity index (χ0n) is 18.2. The first-order valence-electron chi connectivity index (χ1n) is 11.0. The number of piperazine rings is 1. The van der Waals surface area contributed by atoms with Crippen molar-refractivity contribution in [1.82, 2.24) is 9.21 Å².